The van der Waals surface area contributed by atoms with E-state index in [-0.39, 0.29) is 10.8 Å². The number of hydrogen-bond acceptors (Lipinski definition) is 2. The smallest absolute Gasteiger partial charge is 0.303 e. The number of hydrogen-bond donors (Lipinski definition) is 3. The highest BCUT2D eigenvalue weighted by Crippen LogP contribution is 1.68. The number of thiol groups is 1. The molecule has 0 amide bonds. The molecule has 0 bridgehead atoms. The van der Waals surface area contributed by atoms with Crippen LogP contribution in [0.1, 0.15) is 13.3 Å². The Hall–Kier alpha value is -0.290. The van der Waals surface area contributed by atoms with Crippen molar-refractivity contribution in [3.05, 3.63) is 0 Å². The van der Waals surface area contributed by atoms with E-state index in [2.05, 4.69) is 24.8 Å². The molecule has 0 aromatic rings. The normalized spacial score (nSPS) is 6.89. The van der Waals surface area contributed by atoms with E-state index in [9.17, 15) is 4.79 Å². The molecule has 0 saturated carbocycles. The molecular weight excluding hydrogens is 160 g/mol. The molecule has 0 fully saturated rings. The van der Waals surface area contributed by atoms with Crippen molar-refractivity contribution in [1.82, 2.24) is 0 Å². The molecule has 0 aliphatic rings. The van der Waals surface area contributed by atoms with Gasteiger partial charge in [0, 0.05) is 6.42 Å². The van der Waals surface area contributed by atoms with E-state index in [1.807, 2.05) is 0 Å². The molecular formula is C4H8O3S2. The van der Waals surface area contributed by atoms with Gasteiger partial charge in [0.1, 0.15) is 0 Å². The SMILES string of the molecule is CCC(=O)O.OC(=S)S. The van der Waals surface area contributed by atoms with Crippen molar-refractivity contribution in [3.63, 3.8) is 0 Å². The van der Waals surface area contributed by atoms with Crippen LogP contribution in [0.25, 0.3) is 0 Å². The first kappa shape index (κ1) is 11.5. The summed E-state index contributed by atoms with van der Waals surface area (Å²) >= 11 is 7.21. The lowest BCUT2D eigenvalue weighted by molar-refractivity contribution is -0.136. The zero-order valence-corrected chi connectivity index (χ0v) is 6.58. The molecule has 0 aliphatic heterocycles. The fraction of sp³-hybridized carbons (Fsp3) is 0.500. The average molecular weight is 168 g/mol. The first-order valence-corrected chi connectivity index (χ1v) is 3.00. The minimum Gasteiger partial charge on any atom is -0.494 e. The molecule has 2 N–H and O–H groups in total. The van der Waals surface area contributed by atoms with Crippen molar-refractivity contribution in [2.75, 3.05) is 0 Å². The summed E-state index contributed by atoms with van der Waals surface area (Å²) in [6.07, 6.45) is 0.222. The van der Waals surface area contributed by atoms with Crippen LogP contribution in [-0.2, 0) is 4.79 Å². The topological polar surface area (TPSA) is 57.5 Å². The Bertz CT molecular complexity index is 98.0. The van der Waals surface area contributed by atoms with Crippen molar-refractivity contribution in [3.8, 4) is 0 Å². The summed E-state index contributed by atoms with van der Waals surface area (Å²) in [6, 6.07) is 0. The zero-order chi connectivity index (χ0) is 7.86. The molecule has 0 saturated heterocycles. The molecule has 5 heteroatoms. The van der Waals surface area contributed by atoms with Crippen LogP contribution in [0.5, 0.6) is 0 Å². The van der Waals surface area contributed by atoms with E-state index in [0.29, 0.717) is 0 Å². The fourth-order valence-electron chi connectivity index (χ4n) is 0. The van der Waals surface area contributed by atoms with Gasteiger partial charge in [-0.2, -0.15) is 0 Å². The first-order valence-electron chi connectivity index (χ1n) is 2.14. The summed E-state index contributed by atoms with van der Waals surface area (Å²) < 4.78 is -0.306. The first-order chi connectivity index (χ1) is 4.00. The lowest BCUT2D eigenvalue weighted by Gasteiger charge is -1.71. The Labute approximate surface area is 64.1 Å². The molecule has 0 aliphatic carbocycles. The number of thiocarbonyl (C=S) groups is 1. The molecule has 9 heavy (non-hydrogen) atoms. The van der Waals surface area contributed by atoms with E-state index < -0.39 is 5.97 Å². The number of aliphatic hydroxyl groups is 1. The monoisotopic (exact) mass is 168 g/mol. The van der Waals surface area contributed by atoms with E-state index >= 15 is 0 Å². The summed E-state index contributed by atoms with van der Waals surface area (Å²) in [5, 5.41) is 15.4. The van der Waals surface area contributed by atoms with E-state index in [0.717, 1.165) is 0 Å². The molecule has 0 unspecified atom stereocenters. The number of aliphatic carboxylic acids is 1. The van der Waals surface area contributed by atoms with E-state index in [1.165, 1.54) is 0 Å². The molecule has 3 nitrogen and oxygen atoms in total. The van der Waals surface area contributed by atoms with Crippen molar-refractivity contribution in [1.29, 1.82) is 0 Å². The van der Waals surface area contributed by atoms with Crippen LogP contribution in [0.2, 0.25) is 0 Å². The number of aliphatic hydroxyl groups excluding tert-OH is 1. The zero-order valence-electron chi connectivity index (χ0n) is 4.87. The van der Waals surface area contributed by atoms with Gasteiger partial charge in [-0.25, -0.2) is 0 Å². The number of carbonyl (C=O) groups is 1. The highest BCUT2D eigenvalue weighted by molar-refractivity contribution is 8.10. The number of rotatable bonds is 1. The average Bonchev–Trinajstić information content (AvgIpc) is 1.65. The minimum atomic E-state index is -0.745. The van der Waals surface area contributed by atoms with Crippen molar-refractivity contribution in [2.24, 2.45) is 0 Å². The third kappa shape index (κ3) is 86.0. The molecule has 54 valence electrons. The van der Waals surface area contributed by atoms with Gasteiger partial charge in [-0.15, -0.1) is 0 Å². The highest BCUT2D eigenvalue weighted by atomic mass is 32.1. The predicted octanol–water partition coefficient (Wildman–Crippen LogP) is 1.24. The summed E-state index contributed by atoms with van der Waals surface area (Å²) in [7, 11) is 0. The van der Waals surface area contributed by atoms with Gasteiger partial charge in [-0.1, -0.05) is 19.6 Å². The quantitative estimate of drug-likeness (QED) is 0.407. The lowest BCUT2D eigenvalue weighted by atomic mass is 10.5. The largest absolute Gasteiger partial charge is 0.494 e. The molecule has 0 aromatic carbocycles. The Morgan fingerprint density at radius 1 is 1.67 bits per heavy atom. The second-order valence-electron chi connectivity index (χ2n) is 1.03. The third-order valence-corrected chi connectivity index (χ3v) is 0.302. The molecule has 0 radical (unpaired) electrons. The Kier molecular flexibility index (Phi) is 9.85. The maximum atomic E-state index is 9.37. The lowest BCUT2D eigenvalue weighted by Crippen LogP contribution is -1.86. The number of carboxylic acids is 1. The summed E-state index contributed by atoms with van der Waals surface area (Å²) in [6.45, 7) is 1.60. The minimum absolute atomic E-state index is 0.222. The molecule has 0 rings (SSSR count). The molecule has 0 spiro atoms. The second kappa shape index (κ2) is 7.71. The van der Waals surface area contributed by atoms with Gasteiger partial charge in [0.2, 0.25) is 4.38 Å². The molecule has 0 heterocycles. The van der Waals surface area contributed by atoms with Crippen LogP contribution in [0.15, 0.2) is 0 Å². The van der Waals surface area contributed by atoms with Gasteiger partial charge in [0.05, 0.1) is 0 Å². The number of carboxylic acid groups (broad SMARTS) is 1. The maximum absolute atomic E-state index is 9.37. The van der Waals surface area contributed by atoms with Crippen LogP contribution in [-0.4, -0.2) is 20.6 Å². The van der Waals surface area contributed by atoms with Gasteiger partial charge in [-0.3, -0.25) is 4.79 Å². The summed E-state index contributed by atoms with van der Waals surface area (Å²) in [4.78, 5) is 9.37. The van der Waals surface area contributed by atoms with Gasteiger partial charge in [-0.05, 0) is 12.2 Å². The van der Waals surface area contributed by atoms with Crippen LogP contribution >= 0.6 is 24.8 Å². The van der Waals surface area contributed by atoms with Crippen LogP contribution in [0.3, 0.4) is 0 Å². The van der Waals surface area contributed by atoms with Crippen molar-refractivity contribution >= 4 is 35.2 Å². The van der Waals surface area contributed by atoms with Gasteiger partial charge < -0.3 is 10.2 Å². The van der Waals surface area contributed by atoms with E-state index in [4.69, 9.17) is 10.2 Å². The summed E-state index contributed by atoms with van der Waals surface area (Å²) in [5.74, 6) is -0.745. The van der Waals surface area contributed by atoms with Gasteiger partial charge in [0.15, 0.2) is 0 Å². The van der Waals surface area contributed by atoms with E-state index in [1.54, 1.807) is 6.92 Å². The van der Waals surface area contributed by atoms with Crippen LogP contribution < -0.4 is 0 Å². The maximum Gasteiger partial charge on any atom is 0.303 e. The molecule has 0 aromatic heterocycles. The van der Waals surface area contributed by atoms with Crippen molar-refractivity contribution < 1.29 is 15.0 Å². The van der Waals surface area contributed by atoms with Gasteiger partial charge >= 0.3 is 5.97 Å². The summed E-state index contributed by atoms with van der Waals surface area (Å²) in [5.41, 5.74) is 0. The fourth-order valence-corrected chi connectivity index (χ4v) is 0. The standard InChI is InChI=1S/C3H6O2.CH2OS2/c1-2-3(4)5;2-1(3)4/h2H2,1H3,(H,4,5);(H2,2,3,4). The Morgan fingerprint density at radius 2 is 1.78 bits per heavy atom. The highest BCUT2D eigenvalue weighted by Gasteiger charge is 1.80. The third-order valence-electron chi connectivity index (χ3n) is 0.302. The van der Waals surface area contributed by atoms with Crippen LogP contribution in [0, 0.1) is 0 Å². The van der Waals surface area contributed by atoms with Gasteiger partial charge in [0.25, 0.3) is 0 Å². The second-order valence-corrected chi connectivity index (χ2v) is 2.14. The Morgan fingerprint density at radius 3 is 1.78 bits per heavy atom. The molecule has 0 atom stereocenters. The Balaban J connectivity index is 0. The predicted molar refractivity (Wildman–Crippen MR) is 42.1 cm³/mol. The van der Waals surface area contributed by atoms with Crippen molar-refractivity contribution in [2.45, 2.75) is 13.3 Å². The van der Waals surface area contributed by atoms with Crippen LogP contribution in [0.4, 0.5) is 0 Å².